The van der Waals surface area contributed by atoms with Gasteiger partial charge in [0.15, 0.2) is 5.82 Å². The molecule has 8 nitrogen and oxygen atoms in total. The molecule has 0 bridgehead atoms. The summed E-state index contributed by atoms with van der Waals surface area (Å²) in [5, 5.41) is 35.8. The van der Waals surface area contributed by atoms with Gasteiger partial charge in [-0.1, -0.05) is 53.8 Å². The van der Waals surface area contributed by atoms with Gasteiger partial charge in [-0.05, 0) is 38.0 Å². The third-order valence-electron chi connectivity index (χ3n) is 6.85. The fourth-order valence-electron chi connectivity index (χ4n) is 5.02. The molecule has 1 aliphatic heterocycles. The summed E-state index contributed by atoms with van der Waals surface area (Å²) in [6.07, 6.45) is 4.18. The molecule has 1 saturated carbocycles. The van der Waals surface area contributed by atoms with E-state index in [0.717, 1.165) is 23.3 Å². The van der Waals surface area contributed by atoms with Crippen LogP contribution in [0.15, 0.2) is 60.7 Å². The molecule has 0 amide bonds. The molecule has 0 saturated heterocycles. The van der Waals surface area contributed by atoms with Gasteiger partial charge in [0, 0.05) is 30.2 Å². The Balaban J connectivity index is 1.32. The Morgan fingerprint density at radius 1 is 1.18 bits per heavy atom. The number of aliphatic hydroxyl groups excluding tert-OH is 2. The van der Waals surface area contributed by atoms with E-state index in [1.54, 1.807) is 6.08 Å². The van der Waals surface area contributed by atoms with Crippen LogP contribution in [0.1, 0.15) is 43.1 Å². The van der Waals surface area contributed by atoms with Crippen molar-refractivity contribution in [3.05, 3.63) is 77.6 Å². The average Bonchev–Trinajstić information content (AvgIpc) is 3.53. The van der Waals surface area contributed by atoms with E-state index in [0.29, 0.717) is 24.4 Å². The zero-order valence-electron chi connectivity index (χ0n) is 19.3. The molecule has 2 aliphatic rings. The number of para-hydroxylation sites is 2. The Morgan fingerprint density at radius 2 is 2.00 bits per heavy atom. The SMILES string of the molecule is CC(C)(Oc1ccccc1)[C@@H](O)/C=C/[C@@H]1[C@H]2c3cccc(CCc4nn[nH]n4)c3O[C@H]2C[C@H]1O. The molecule has 2 heterocycles. The summed E-state index contributed by atoms with van der Waals surface area (Å²) in [5.41, 5.74) is 1.38. The Morgan fingerprint density at radius 3 is 2.76 bits per heavy atom. The molecule has 1 aliphatic carbocycles. The van der Waals surface area contributed by atoms with Crippen molar-refractivity contribution < 1.29 is 19.7 Å². The van der Waals surface area contributed by atoms with E-state index < -0.39 is 17.8 Å². The van der Waals surface area contributed by atoms with Crippen LogP contribution in [0.5, 0.6) is 11.5 Å². The van der Waals surface area contributed by atoms with Crippen molar-refractivity contribution in [1.82, 2.24) is 20.6 Å². The molecule has 0 radical (unpaired) electrons. The van der Waals surface area contributed by atoms with Gasteiger partial charge in [0.1, 0.15) is 29.3 Å². The van der Waals surface area contributed by atoms with Crippen LogP contribution >= 0.6 is 0 Å². The fourth-order valence-corrected chi connectivity index (χ4v) is 5.02. The molecule has 34 heavy (non-hydrogen) atoms. The second kappa shape index (κ2) is 9.19. The minimum atomic E-state index is -0.845. The molecule has 8 heteroatoms. The van der Waals surface area contributed by atoms with Gasteiger partial charge in [-0.2, -0.15) is 5.21 Å². The second-order valence-corrected chi connectivity index (χ2v) is 9.57. The number of aromatic nitrogens is 4. The molecule has 1 aromatic heterocycles. The number of aromatic amines is 1. The molecule has 178 valence electrons. The van der Waals surface area contributed by atoms with Crippen LogP contribution in [-0.2, 0) is 12.8 Å². The normalized spacial score (nSPS) is 24.6. The lowest BCUT2D eigenvalue weighted by Gasteiger charge is -2.30. The molecule has 3 N–H and O–H groups in total. The van der Waals surface area contributed by atoms with Gasteiger partial charge in [-0.15, -0.1) is 10.2 Å². The van der Waals surface area contributed by atoms with Gasteiger partial charge in [0.2, 0.25) is 0 Å². The Labute approximate surface area is 198 Å². The molecule has 3 aromatic rings. The molecule has 0 unspecified atom stereocenters. The maximum absolute atomic E-state index is 10.9. The molecule has 5 rings (SSSR count). The van der Waals surface area contributed by atoms with Crippen LogP contribution in [0.4, 0.5) is 0 Å². The monoisotopic (exact) mass is 462 g/mol. The highest BCUT2D eigenvalue weighted by molar-refractivity contribution is 5.49. The number of fused-ring (bicyclic) bond motifs is 3. The van der Waals surface area contributed by atoms with Crippen molar-refractivity contribution in [2.24, 2.45) is 5.92 Å². The molecule has 1 fully saturated rings. The maximum atomic E-state index is 10.9. The summed E-state index contributed by atoms with van der Waals surface area (Å²) < 4.78 is 12.4. The first-order chi connectivity index (χ1) is 16.4. The van der Waals surface area contributed by atoms with Gasteiger partial charge < -0.3 is 19.7 Å². The number of hydrogen-bond donors (Lipinski definition) is 3. The van der Waals surface area contributed by atoms with E-state index in [1.807, 2.05) is 56.3 Å². The van der Waals surface area contributed by atoms with Gasteiger partial charge in [0.05, 0.1) is 6.10 Å². The van der Waals surface area contributed by atoms with Crippen molar-refractivity contribution in [3.63, 3.8) is 0 Å². The first-order valence-corrected chi connectivity index (χ1v) is 11.7. The highest BCUT2D eigenvalue weighted by Gasteiger charge is 2.49. The minimum absolute atomic E-state index is 0.0386. The number of aliphatic hydroxyl groups is 2. The molecular weight excluding hydrogens is 432 g/mol. The number of benzene rings is 2. The number of rotatable bonds is 8. The van der Waals surface area contributed by atoms with E-state index in [-0.39, 0.29) is 17.9 Å². The maximum Gasteiger partial charge on any atom is 0.174 e. The smallest absolute Gasteiger partial charge is 0.174 e. The summed E-state index contributed by atoms with van der Waals surface area (Å²) in [5.74, 6) is 2.16. The summed E-state index contributed by atoms with van der Waals surface area (Å²) in [6, 6.07) is 15.6. The lowest BCUT2D eigenvalue weighted by atomic mass is 9.86. The first-order valence-electron chi connectivity index (χ1n) is 11.7. The molecule has 2 aromatic carbocycles. The zero-order valence-corrected chi connectivity index (χ0v) is 19.3. The fraction of sp³-hybridized carbons (Fsp3) is 0.423. The topological polar surface area (TPSA) is 113 Å². The number of aryl methyl sites for hydroxylation is 2. The van der Waals surface area contributed by atoms with E-state index in [2.05, 4.69) is 32.8 Å². The number of tetrazole rings is 1. The van der Waals surface area contributed by atoms with Crippen LogP contribution in [0.3, 0.4) is 0 Å². The largest absolute Gasteiger partial charge is 0.489 e. The lowest BCUT2D eigenvalue weighted by Crippen LogP contribution is -2.41. The Hall–Kier alpha value is -3.23. The van der Waals surface area contributed by atoms with Crippen molar-refractivity contribution in [2.75, 3.05) is 0 Å². The lowest BCUT2D eigenvalue weighted by molar-refractivity contribution is -0.00221. The average molecular weight is 463 g/mol. The van der Waals surface area contributed by atoms with Crippen molar-refractivity contribution >= 4 is 0 Å². The number of H-pyrrole nitrogens is 1. The predicted molar refractivity (Wildman–Crippen MR) is 126 cm³/mol. The number of nitrogens with zero attached hydrogens (tertiary/aromatic N) is 3. The number of ether oxygens (including phenoxy) is 2. The minimum Gasteiger partial charge on any atom is -0.489 e. The Bertz CT molecular complexity index is 1130. The number of hydrogen-bond acceptors (Lipinski definition) is 7. The van der Waals surface area contributed by atoms with E-state index in [9.17, 15) is 10.2 Å². The molecule has 5 atom stereocenters. The quantitative estimate of drug-likeness (QED) is 0.441. The number of nitrogens with one attached hydrogen (secondary N) is 1. The summed E-state index contributed by atoms with van der Waals surface area (Å²) in [4.78, 5) is 0. The van der Waals surface area contributed by atoms with Gasteiger partial charge in [0.25, 0.3) is 0 Å². The Kier molecular flexibility index (Phi) is 6.10. The van der Waals surface area contributed by atoms with Crippen molar-refractivity contribution in [2.45, 2.75) is 62.9 Å². The predicted octanol–water partition coefficient (Wildman–Crippen LogP) is 2.99. The molecular formula is C26H30N4O4. The van der Waals surface area contributed by atoms with Crippen LogP contribution in [0.2, 0.25) is 0 Å². The van der Waals surface area contributed by atoms with Crippen LogP contribution in [0.25, 0.3) is 0 Å². The zero-order chi connectivity index (χ0) is 23.7. The van der Waals surface area contributed by atoms with Gasteiger partial charge >= 0.3 is 0 Å². The van der Waals surface area contributed by atoms with Crippen LogP contribution in [-0.4, -0.2) is 54.8 Å². The van der Waals surface area contributed by atoms with Crippen molar-refractivity contribution in [3.8, 4) is 11.5 Å². The second-order valence-electron chi connectivity index (χ2n) is 9.57. The highest BCUT2D eigenvalue weighted by Crippen LogP contribution is 2.52. The first kappa shape index (κ1) is 22.6. The van der Waals surface area contributed by atoms with E-state index >= 15 is 0 Å². The summed E-state index contributed by atoms with van der Waals surface area (Å²) in [6.45, 7) is 3.71. The summed E-state index contributed by atoms with van der Waals surface area (Å²) >= 11 is 0. The van der Waals surface area contributed by atoms with Crippen molar-refractivity contribution in [1.29, 1.82) is 0 Å². The third kappa shape index (κ3) is 4.43. The third-order valence-corrected chi connectivity index (χ3v) is 6.85. The van der Waals surface area contributed by atoms with Crippen LogP contribution < -0.4 is 9.47 Å². The standard InChI is InChI=1S/C26H30N4O4/c1-26(2,34-17-8-4-3-5-9-17)22(32)13-12-18-20(31)15-21-24(18)19-10-6-7-16(25(19)33-21)11-14-23-27-29-30-28-23/h3-10,12-13,18,20-22,24,31-32H,11,14-15H2,1-2H3,(H,27,28,29,30)/b13-12+/t18-,20+,21-,22-,24-/m0/s1. The van der Waals surface area contributed by atoms with E-state index in [1.165, 1.54) is 0 Å². The highest BCUT2D eigenvalue weighted by atomic mass is 16.5. The van der Waals surface area contributed by atoms with Gasteiger partial charge in [-0.25, -0.2) is 0 Å². The van der Waals surface area contributed by atoms with E-state index in [4.69, 9.17) is 9.47 Å². The summed E-state index contributed by atoms with van der Waals surface area (Å²) in [7, 11) is 0. The van der Waals surface area contributed by atoms with Gasteiger partial charge in [-0.3, -0.25) is 0 Å². The molecule has 0 spiro atoms. The van der Waals surface area contributed by atoms with Crippen LogP contribution in [0, 0.1) is 5.92 Å².